The summed E-state index contributed by atoms with van der Waals surface area (Å²) in [6, 6.07) is 0.198. The van der Waals surface area contributed by atoms with Crippen LogP contribution in [0.25, 0.3) is 0 Å². The Morgan fingerprint density at radius 3 is 1.71 bits per heavy atom. The van der Waals surface area contributed by atoms with Crippen molar-refractivity contribution in [2.45, 2.75) is 101 Å². The van der Waals surface area contributed by atoms with E-state index in [1.807, 2.05) is 0 Å². The highest BCUT2D eigenvalue weighted by Crippen LogP contribution is 2.50. The number of hydrogen-bond acceptors (Lipinski definition) is 2. The van der Waals surface area contributed by atoms with Crippen molar-refractivity contribution in [3.05, 3.63) is 0 Å². The fourth-order valence-corrected chi connectivity index (χ4v) is 5.28. The molecule has 3 aliphatic rings. The van der Waals surface area contributed by atoms with E-state index < -0.39 is 0 Å². The average molecular weight is 293 g/mol. The summed E-state index contributed by atoms with van der Waals surface area (Å²) in [6.45, 7) is 1.60. The van der Waals surface area contributed by atoms with Crippen molar-refractivity contribution < 1.29 is 10.0 Å². The molecular formula is C17H29N2O2. The van der Waals surface area contributed by atoms with Crippen molar-refractivity contribution >= 4 is 5.91 Å². The molecule has 1 saturated heterocycles. The van der Waals surface area contributed by atoms with Crippen LogP contribution >= 0.6 is 0 Å². The second-order valence-electron chi connectivity index (χ2n) is 7.67. The summed E-state index contributed by atoms with van der Waals surface area (Å²) >= 11 is 0. The molecule has 21 heavy (non-hydrogen) atoms. The van der Waals surface area contributed by atoms with Gasteiger partial charge in [-0.3, -0.25) is 4.79 Å². The zero-order valence-electron chi connectivity index (χ0n) is 13.3. The van der Waals surface area contributed by atoms with Gasteiger partial charge in [-0.2, -0.15) is 0 Å². The van der Waals surface area contributed by atoms with Gasteiger partial charge in [0.1, 0.15) is 0 Å². The van der Waals surface area contributed by atoms with Crippen LogP contribution in [0, 0.1) is 0 Å². The molecule has 3 fully saturated rings. The Kier molecular flexibility index (Phi) is 4.28. The van der Waals surface area contributed by atoms with Gasteiger partial charge in [0.05, 0.1) is 11.1 Å². The molecule has 1 N–H and O–H groups in total. The Labute approximate surface area is 128 Å². The van der Waals surface area contributed by atoms with Crippen molar-refractivity contribution in [3.63, 3.8) is 0 Å². The molecule has 2 spiro atoms. The van der Waals surface area contributed by atoms with Gasteiger partial charge in [0.2, 0.25) is 5.91 Å². The Hall–Kier alpha value is -0.610. The summed E-state index contributed by atoms with van der Waals surface area (Å²) in [4.78, 5) is 11.5. The van der Waals surface area contributed by atoms with E-state index in [0.29, 0.717) is 0 Å². The Bertz CT molecular complexity index is 356. The monoisotopic (exact) mass is 293 g/mol. The van der Waals surface area contributed by atoms with Gasteiger partial charge in [-0.05, 0) is 38.5 Å². The van der Waals surface area contributed by atoms with Crippen LogP contribution in [0.1, 0.15) is 84.0 Å². The summed E-state index contributed by atoms with van der Waals surface area (Å²) in [6.07, 6.45) is 13.0. The van der Waals surface area contributed by atoms with Gasteiger partial charge in [0.25, 0.3) is 0 Å². The van der Waals surface area contributed by atoms with Gasteiger partial charge >= 0.3 is 0 Å². The van der Waals surface area contributed by atoms with Gasteiger partial charge in [-0.15, -0.1) is 10.3 Å². The predicted molar refractivity (Wildman–Crippen MR) is 81.0 cm³/mol. The van der Waals surface area contributed by atoms with E-state index in [4.69, 9.17) is 0 Å². The predicted octanol–water partition coefficient (Wildman–Crippen LogP) is 3.34. The Morgan fingerprint density at radius 1 is 0.905 bits per heavy atom. The third kappa shape index (κ3) is 2.85. The highest BCUT2D eigenvalue weighted by Gasteiger charge is 2.55. The molecule has 0 aromatic rings. The molecule has 0 unspecified atom stereocenters. The molecule has 0 aromatic heterocycles. The molecule has 1 amide bonds. The van der Waals surface area contributed by atoms with Gasteiger partial charge in [-0.1, -0.05) is 38.5 Å². The maximum absolute atomic E-state index is 13.3. The van der Waals surface area contributed by atoms with Crippen LogP contribution in [-0.4, -0.2) is 28.1 Å². The summed E-state index contributed by atoms with van der Waals surface area (Å²) in [5.41, 5.74) is -0.387. The molecule has 119 valence electrons. The summed E-state index contributed by atoms with van der Waals surface area (Å²) < 4.78 is 0. The van der Waals surface area contributed by atoms with Crippen molar-refractivity contribution in [1.29, 1.82) is 0 Å². The first kappa shape index (κ1) is 15.3. The van der Waals surface area contributed by atoms with Crippen molar-refractivity contribution in [3.8, 4) is 0 Å². The Balaban J connectivity index is 1.86. The fraction of sp³-hybridized carbons (Fsp3) is 0.941. The number of amides is 1. The normalized spacial score (nSPS) is 32.2. The molecule has 0 aromatic carbocycles. The molecule has 1 heterocycles. The molecule has 3 rings (SSSR count). The van der Waals surface area contributed by atoms with E-state index in [0.717, 1.165) is 38.5 Å². The summed E-state index contributed by atoms with van der Waals surface area (Å²) in [5.74, 6) is 0.0521. The number of carbonyl (C=O) groups is 1. The van der Waals surface area contributed by atoms with E-state index >= 15 is 0 Å². The van der Waals surface area contributed by atoms with Crippen LogP contribution in [0.3, 0.4) is 0 Å². The minimum absolute atomic E-state index is 0.0521. The lowest BCUT2D eigenvalue weighted by molar-refractivity contribution is -0.320. The molecule has 2 saturated carbocycles. The lowest BCUT2D eigenvalue weighted by atomic mass is 9.65. The lowest BCUT2D eigenvalue weighted by Gasteiger charge is -2.58. The number of hydrogen-bond donors (Lipinski definition) is 1. The highest BCUT2D eigenvalue weighted by atomic mass is 16.5. The number of hydroxylamine groups is 2. The van der Waals surface area contributed by atoms with E-state index in [9.17, 15) is 10.0 Å². The van der Waals surface area contributed by atoms with Crippen molar-refractivity contribution in [2.24, 2.45) is 0 Å². The first-order valence-electron chi connectivity index (χ1n) is 8.81. The van der Waals surface area contributed by atoms with Crippen LogP contribution in [0.4, 0.5) is 0 Å². The largest absolute Gasteiger partial charge is 0.353 e. The molecule has 4 heteroatoms. The van der Waals surface area contributed by atoms with Gasteiger partial charge < -0.3 is 5.32 Å². The van der Waals surface area contributed by atoms with Crippen LogP contribution < -0.4 is 5.32 Å². The second-order valence-corrected chi connectivity index (χ2v) is 7.67. The van der Waals surface area contributed by atoms with Crippen LogP contribution in [0.15, 0.2) is 0 Å². The quantitative estimate of drug-likeness (QED) is 0.806. The third-order valence-corrected chi connectivity index (χ3v) is 6.09. The standard InChI is InChI=1S/C17H29N2O2/c1-14(20)18-15-12-16(8-4-2-5-9-16)19(21)17(13-15)10-6-3-7-11-17/h15H,2-13H2,1H3,(H,18,20). The maximum atomic E-state index is 13.3. The smallest absolute Gasteiger partial charge is 0.217 e. The molecule has 0 atom stereocenters. The summed E-state index contributed by atoms with van der Waals surface area (Å²) in [7, 11) is 0. The van der Waals surface area contributed by atoms with Gasteiger partial charge in [-0.25, -0.2) is 0 Å². The average Bonchev–Trinajstić information content (AvgIpc) is 2.46. The third-order valence-electron chi connectivity index (χ3n) is 6.09. The molecular weight excluding hydrogens is 264 g/mol. The number of nitrogens with one attached hydrogen (secondary N) is 1. The van der Waals surface area contributed by atoms with Crippen molar-refractivity contribution in [2.75, 3.05) is 0 Å². The SMILES string of the molecule is CC(=O)NC1CC2(CCCCC2)N([O])C2(CCCCC2)C1. The fourth-order valence-electron chi connectivity index (χ4n) is 5.28. The highest BCUT2D eigenvalue weighted by molar-refractivity contribution is 5.73. The molecule has 4 nitrogen and oxygen atoms in total. The van der Waals surface area contributed by atoms with Crippen LogP contribution in [0.2, 0.25) is 0 Å². The molecule has 0 bridgehead atoms. The second kappa shape index (κ2) is 5.88. The lowest BCUT2D eigenvalue weighted by Crippen LogP contribution is -2.67. The van der Waals surface area contributed by atoms with Crippen LogP contribution in [0.5, 0.6) is 0 Å². The van der Waals surface area contributed by atoms with Crippen LogP contribution in [-0.2, 0) is 10.0 Å². The van der Waals surface area contributed by atoms with Crippen molar-refractivity contribution in [1.82, 2.24) is 10.4 Å². The first-order chi connectivity index (χ1) is 10.1. The van der Waals surface area contributed by atoms with Gasteiger partial charge in [0, 0.05) is 13.0 Å². The zero-order chi connectivity index (χ0) is 14.9. The van der Waals surface area contributed by atoms with E-state index in [2.05, 4.69) is 5.32 Å². The van der Waals surface area contributed by atoms with Gasteiger partial charge in [0.15, 0.2) is 0 Å². The first-order valence-corrected chi connectivity index (χ1v) is 8.81. The van der Waals surface area contributed by atoms with E-state index in [1.165, 1.54) is 38.5 Å². The number of piperidine rings is 1. The molecule has 1 aliphatic heterocycles. The topological polar surface area (TPSA) is 52.2 Å². The maximum Gasteiger partial charge on any atom is 0.217 e. The Morgan fingerprint density at radius 2 is 1.33 bits per heavy atom. The molecule has 2 aliphatic carbocycles. The number of rotatable bonds is 1. The zero-order valence-corrected chi connectivity index (χ0v) is 13.3. The van der Waals surface area contributed by atoms with E-state index in [-0.39, 0.29) is 23.0 Å². The molecule has 1 radical (unpaired) electrons. The summed E-state index contributed by atoms with van der Waals surface area (Å²) in [5, 5.41) is 18.0. The minimum Gasteiger partial charge on any atom is -0.353 e. The minimum atomic E-state index is -0.193. The number of carbonyl (C=O) groups excluding carboxylic acids is 1. The number of nitrogens with zero attached hydrogens (tertiary/aromatic N) is 1. The van der Waals surface area contributed by atoms with E-state index in [1.54, 1.807) is 12.0 Å².